The normalized spacial score (nSPS) is 16.3. The van der Waals surface area contributed by atoms with Crippen LogP contribution in [0.5, 0.6) is 0 Å². The van der Waals surface area contributed by atoms with Crippen LogP contribution in [0.2, 0.25) is 0 Å². The Morgan fingerprint density at radius 3 is 2.62 bits per heavy atom. The number of nitrogens with two attached hydrogens (primary N) is 1. The molecule has 7 heteroatoms. The number of carbonyl (C=O) groups is 2. The molecule has 7 nitrogen and oxygen atoms in total. The van der Waals surface area contributed by atoms with Crippen molar-refractivity contribution in [3.63, 3.8) is 0 Å². The van der Waals surface area contributed by atoms with Crippen molar-refractivity contribution in [2.45, 2.75) is 12.8 Å². The number of imidazole rings is 1. The third-order valence-corrected chi connectivity index (χ3v) is 3.91. The Morgan fingerprint density at radius 2 is 2.00 bits per heavy atom. The smallest absolute Gasteiger partial charge is 0.356 e. The number of carbonyl (C=O) groups excluding carboxylic acids is 1. The third kappa shape index (κ3) is 2.31. The second-order valence-electron chi connectivity index (χ2n) is 5.18. The van der Waals surface area contributed by atoms with Gasteiger partial charge in [-0.25, -0.2) is 9.78 Å². The van der Waals surface area contributed by atoms with Crippen molar-refractivity contribution < 1.29 is 14.7 Å². The van der Waals surface area contributed by atoms with Gasteiger partial charge >= 0.3 is 5.97 Å². The molecule has 1 amide bonds. The maximum absolute atomic E-state index is 11.6. The Bertz CT molecular complexity index is 701. The fourth-order valence-corrected chi connectivity index (χ4v) is 2.78. The van der Waals surface area contributed by atoms with Crippen molar-refractivity contribution in [1.29, 1.82) is 0 Å². The van der Waals surface area contributed by atoms with Gasteiger partial charge in [0.05, 0.1) is 0 Å². The molecular weight excluding hydrogens is 272 g/mol. The van der Waals surface area contributed by atoms with E-state index in [0.717, 1.165) is 0 Å². The summed E-state index contributed by atoms with van der Waals surface area (Å²) in [5, 5.41) is 9.46. The Kier molecular flexibility index (Phi) is 3.25. The molecular formula is C14H16N4O3. The van der Waals surface area contributed by atoms with Crippen molar-refractivity contribution in [2.24, 2.45) is 11.7 Å². The molecule has 0 aliphatic carbocycles. The first kappa shape index (κ1) is 13.4. The molecule has 0 aromatic carbocycles. The monoisotopic (exact) mass is 288 g/mol. The molecule has 0 atom stereocenters. The highest BCUT2D eigenvalue weighted by atomic mass is 16.4. The summed E-state index contributed by atoms with van der Waals surface area (Å²) in [7, 11) is 0. The van der Waals surface area contributed by atoms with E-state index in [9.17, 15) is 14.7 Å². The molecule has 0 unspecified atom stereocenters. The number of hydrogen-bond acceptors (Lipinski definition) is 4. The van der Waals surface area contributed by atoms with E-state index in [-0.39, 0.29) is 17.5 Å². The topological polar surface area (TPSA) is 101 Å². The number of rotatable bonds is 3. The molecule has 0 radical (unpaired) electrons. The van der Waals surface area contributed by atoms with E-state index in [2.05, 4.69) is 4.98 Å². The zero-order valence-electron chi connectivity index (χ0n) is 11.4. The summed E-state index contributed by atoms with van der Waals surface area (Å²) in [6, 6.07) is 5.35. The number of amides is 1. The summed E-state index contributed by atoms with van der Waals surface area (Å²) < 4.78 is 1.57. The molecule has 21 heavy (non-hydrogen) atoms. The van der Waals surface area contributed by atoms with E-state index < -0.39 is 5.97 Å². The highest BCUT2D eigenvalue weighted by Gasteiger charge is 2.28. The van der Waals surface area contributed by atoms with Crippen LogP contribution in [0.1, 0.15) is 23.3 Å². The maximum atomic E-state index is 11.6. The van der Waals surface area contributed by atoms with Crippen molar-refractivity contribution in [3.05, 3.63) is 30.1 Å². The number of hydrogen-bond donors (Lipinski definition) is 2. The highest BCUT2D eigenvalue weighted by molar-refractivity contribution is 5.93. The molecule has 2 aromatic heterocycles. The summed E-state index contributed by atoms with van der Waals surface area (Å²) in [5.41, 5.74) is 6.07. The van der Waals surface area contributed by atoms with Gasteiger partial charge in [-0.15, -0.1) is 0 Å². The number of carboxylic acids is 1. The van der Waals surface area contributed by atoms with Crippen molar-refractivity contribution in [3.8, 4) is 0 Å². The summed E-state index contributed by atoms with van der Waals surface area (Å²) in [4.78, 5) is 29.1. The Hall–Kier alpha value is -2.57. The van der Waals surface area contributed by atoms with E-state index in [4.69, 9.17) is 5.73 Å². The molecule has 1 saturated heterocycles. The zero-order valence-corrected chi connectivity index (χ0v) is 11.4. The molecule has 2 aromatic rings. The van der Waals surface area contributed by atoms with Gasteiger partial charge < -0.3 is 15.7 Å². The average molecular weight is 288 g/mol. The Labute approximate surface area is 121 Å². The number of anilines is 1. The van der Waals surface area contributed by atoms with E-state index in [0.29, 0.717) is 37.4 Å². The number of primary amides is 1. The van der Waals surface area contributed by atoms with Crippen molar-refractivity contribution >= 4 is 23.3 Å². The Balaban J connectivity index is 1.96. The third-order valence-electron chi connectivity index (χ3n) is 3.91. The SMILES string of the molecule is NC(=O)C1CCN(c2nc3ccccn3c2C(=O)O)CC1. The van der Waals surface area contributed by atoms with E-state index >= 15 is 0 Å². The van der Waals surface area contributed by atoms with Crippen LogP contribution in [0, 0.1) is 5.92 Å². The minimum absolute atomic E-state index is 0.133. The lowest BCUT2D eigenvalue weighted by atomic mass is 9.96. The number of fused-ring (bicyclic) bond motifs is 1. The van der Waals surface area contributed by atoms with Gasteiger partial charge in [-0.05, 0) is 25.0 Å². The fourth-order valence-electron chi connectivity index (χ4n) is 2.78. The molecule has 1 aliphatic heterocycles. The van der Waals surface area contributed by atoms with Crippen LogP contribution in [-0.4, -0.2) is 39.5 Å². The predicted octanol–water partition coefficient (Wildman–Crippen LogP) is 0.734. The summed E-state index contributed by atoms with van der Waals surface area (Å²) >= 11 is 0. The van der Waals surface area contributed by atoms with E-state index in [1.165, 1.54) is 0 Å². The van der Waals surface area contributed by atoms with Gasteiger partial charge in [-0.2, -0.15) is 0 Å². The van der Waals surface area contributed by atoms with Crippen molar-refractivity contribution in [2.75, 3.05) is 18.0 Å². The minimum Gasteiger partial charge on any atom is -0.476 e. The molecule has 0 spiro atoms. The summed E-state index contributed by atoms with van der Waals surface area (Å²) in [6.45, 7) is 1.16. The lowest BCUT2D eigenvalue weighted by Crippen LogP contribution is -2.39. The van der Waals surface area contributed by atoms with Crippen LogP contribution in [0.25, 0.3) is 5.65 Å². The first-order valence-electron chi connectivity index (χ1n) is 6.82. The molecule has 3 heterocycles. The number of pyridine rings is 1. The molecule has 1 fully saturated rings. The number of aromatic carboxylic acids is 1. The van der Waals surface area contributed by atoms with Gasteiger partial charge in [0, 0.05) is 25.2 Å². The van der Waals surface area contributed by atoms with Gasteiger partial charge in [-0.3, -0.25) is 9.20 Å². The summed E-state index contributed by atoms with van der Waals surface area (Å²) in [6.07, 6.45) is 2.94. The quantitative estimate of drug-likeness (QED) is 0.867. The molecule has 0 saturated carbocycles. The second kappa shape index (κ2) is 5.08. The number of piperidine rings is 1. The van der Waals surface area contributed by atoms with Gasteiger partial charge in [0.25, 0.3) is 0 Å². The number of carboxylic acid groups (broad SMARTS) is 1. The first-order valence-corrected chi connectivity index (χ1v) is 6.82. The minimum atomic E-state index is -1.01. The van der Waals surface area contributed by atoms with Crippen LogP contribution in [-0.2, 0) is 4.79 Å². The predicted molar refractivity (Wildman–Crippen MR) is 76.3 cm³/mol. The fraction of sp³-hybridized carbons (Fsp3) is 0.357. The number of aromatic nitrogens is 2. The summed E-state index contributed by atoms with van der Waals surface area (Å²) in [5.74, 6) is -0.980. The molecule has 3 rings (SSSR count). The lowest BCUT2D eigenvalue weighted by molar-refractivity contribution is -0.122. The Morgan fingerprint density at radius 1 is 1.29 bits per heavy atom. The number of nitrogens with zero attached hydrogens (tertiary/aromatic N) is 3. The molecule has 0 bridgehead atoms. The largest absolute Gasteiger partial charge is 0.476 e. The second-order valence-corrected chi connectivity index (χ2v) is 5.18. The van der Waals surface area contributed by atoms with Gasteiger partial charge in [0.2, 0.25) is 5.91 Å². The molecule has 3 N–H and O–H groups in total. The van der Waals surface area contributed by atoms with Crippen LogP contribution in [0.4, 0.5) is 5.82 Å². The van der Waals surface area contributed by atoms with Crippen molar-refractivity contribution in [1.82, 2.24) is 9.38 Å². The standard InChI is InChI=1S/C14H16N4O3/c15-12(19)9-4-7-17(8-5-9)13-11(14(20)21)18-6-2-1-3-10(18)16-13/h1-3,6,9H,4-5,7-8H2,(H2,15,19)(H,20,21). The lowest BCUT2D eigenvalue weighted by Gasteiger charge is -2.30. The van der Waals surface area contributed by atoms with E-state index in [1.807, 2.05) is 11.0 Å². The van der Waals surface area contributed by atoms with Gasteiger partial charge in [0.15, 0.2) is 11.5 Å². The van der Waals surface area contributed by atoms with Gasteiger partial charge in [0.1, 0.15) is 5.65 Å². The average Bonchev–Trinajstić information content (AvgIpc) is 2.86. The van der Waals surface area contributed by atoms with E-state index in [1.54, 1.807) is 22.7 Å². The van der Waals surface area contributed by atoms with Gasteiger partial charge in [-0.1, -0.05) is 6.07 Å². The van der Waals surface area contributed by atoms with Crippen LogP contribution in [0.3, 0.4) is 0 Å². The highest BCUT2D eigenvalue weighted by Crippen LogP contribution is 2.26. The first-order chi connectivity index (χ1) is 10.1. The van der Waals surface area contributed by atoms with Crippen LogP contribution in [0.15, 0.2) is 24.4 Å². The maximum Gasteiger partial charge on any atom is 0.356 e. The molecule has 1 aliphatic rings. The molecule has 110 valence electrons. The zero-order chi connectivity index (χ0) is 15.0. The van der Waals surface area contributed by atoms with Crippen LogP contribution < -0.4 is 10.6 Å². The van der Waals surface area contributed by atoms with Crippen LogP contribution >= 0.6 is 0 Å².